The van der Waals surface area contributed by atoms with Gasteiger partial charge in [0, 0.05) is 52.4 Å². The summed E-state index contributed by atoms with van der Waals surface area (Å²) in [5.74, 6) is 0.347. The predicted octanol–water partition coefficient (Wildman–Crippen LogP) is 17.9. The van der Waals surface area contributed by atoms with Gasteiger partial charge in [-0.25, -0.2) is 0 Å². The second-order valence-corrected chi connectivity index (χ2v) is 16.7. The van der Waals surface area contributed by atoms with E-state index in [2.05, 4.69) is 277 Å². The van der Waals surface area contributed by atoms with E-state index in [0.29, 0.717) is 5.92 Å². The normalized spacial score (nSPS) is 13.6. The quantitative estimate of drug-likeness (QED) is 0.0950. The van der Waals surface area contributed by atoms with Gasteiger partial charge in [-0.1, -0.05) is 196 Å². The lowest BCUT2D eigenvalue weighted by molar-refractivity contribution is 0.840. The number of aromatic nitrogens is 1. The van der Waals surface area contributed by atoms with Crippen LogP contribution in [0.25, 0.3) is 38.9 Å². The van der Waals surface area contributed by atoms with E-state index in [-0.39, 0.29) is 0 Å². The van der Waals surface area contributed by atoms with E-state index >= 15 is 0 Å². The molecule has 1 heterocycles. The Hall–Kier alpha value is -8.92. The fourth-order valence-corrected chi connectivity index (χ4v) is 8.83. The van der Waals surface area contributed by atoms with E-state index in [4.69, 9.17) is 0 Å². The first kappa shape index (κ1) is 45.2. The van der Waals surface area contributed by atoms with E-state index in [9.17, 15) is 0 Å². The second kappa shape index (κ2) is 22.0. The van der Waals surface area contributed by atoms with Crippen LogP contribution >= 0.6 is 0 Å². The third-order valence-corrected chi connectivity index (χ3v) is 12.4. The van der Waals surface area contributed by atoms with Crippen LogP contribution < -0.4 is 9.80 Å². The molecule has 334 valence electrons. The molecule has 8 aromatic rings. The first-order valence-corrected chi connectivity index (χ1v) is 23.4. The van der Waals surface area contributed by atoms with Crippen LogP contribution in [0.4, 0.5) is 22.7 Å². The van der Waals surface area contributed by atoms with E-state index in [0.717, 1.165) is 84.9 Å². The largest absolute Gasteiger partial charge is 0.317 e. The van der Waals surface area contributed by atoms with Crippen molar-refractivity contribution in [1.29, 1.82) is 0 Å². The number of para-hydroxylation sites is 2. The molecule has 9 rings (SSSR count). The number of allylic oxidation sites excluding steroid dienone is 11. The van der Waals surface area contributed by atoms with E-state index in [1.807, 2.05) is 30.4 Å². The summed E-state index contributed by atoms with van der Waals surface area (Å²) >= 11 is 0. The molecule has 69 heavy (non-hydrogen) atoms. The van der Waals surface area contributed by atoms with Crippen molar-refractivity contribution in [3.05, 3.63) is 322 Å². The van der Waals surface area contributed by atoms with Gasteiger partial charge < -0.3 is 14.4 Å². The number of hydrogen-bond donors (Lipinski definition) is 0. The minimum Gasteiger partial charge on any atom is -0.317 e. The molecule has 0 saturated carbocycles. The SMILES string of the molecule is C=CC=C(C=C)c1ccc(N(C2=CCC(c3ccccc3)C=C2)c2ccc(-c3ccc(-n4ccccccc5cc(C(C=C)=CC=CN(c6ccccc6)c6ccccc6)ccc54)cc3)cc2)cc1. The smallest absolute Gasteiger partial charge is 0.0528 e. The molecule has 0 bridgehead atoms. The summed E-state index contributed by atoms with van der Waals surface area (Å²) in [5, 5.41) is 1.10. The lowest BCUT2D eigenvalue weighted by Crippen LogP contribution is -2.17. The van der Waals surface area contributed by atoms with Gasteiger partial charge >= 0.3 is 0 Å². The average Bonchev–Trinajstić information content (AvgIpc) is 3.52. The van der Waals surface area contributed by atoms with Gasteiger partial charge in [-0.3, -0.25) is 0 Å². The van der Waals surface area contributed by atoms with Gasteiger partial charge in [0.1, 0.15) is 0 Å². The molecule has 1 aromatic heterocycles. The first-order chi connectivity index (χ1) is 34.1. The summed E-state index contributed by atoms with van der Waals surface area (Å²) in [5.41, 5.74) is 15.5. The van der Waals surface area contributed by atoms with Crippen LogP contribution in [0.1, 0.15) is 29.0 Å². The molecular formula is C66H55N3. The Balaban J connectivity index is 0.991. The molecule has 0 radical (unpaired) electrons. The third-order valence-electron chi connectivity index (χ3n) is 12.4. The van der Waals surface area contributed by atoms with Crippen LogP contribution in [-0.4, -0.2) is 4.57 Å². The first-order valence-electron chi connectivity index (χ1n) is 23.4. The van der Waals surface area contributed by atoms with Crippen LogP contribution in [0.5, 0.6) is 0 Å². The number of benzene rings is 7. The number of hydrogen-bond acceptors (Lipinski definition) is 2. The van der Waals surface area contributed by atoms with Crippen molar-refractivity contribution in [2.75, 3.05) is 9.80 Å². The Kier molecular flexibility index (Phi) is 14.5. The van der Waals surface area contributed by atoms with E-state index in [1.165, 1.54) is 5.56 Å². The zero-order valence-electron chi connectivity index (χ0n) is 38.8. The van der Waals surface area contributed by atoms with Crippen LogP contribution in [-0.2, 0) is 0 Å². The summed E-state index contributed by atoms with van der Waals surface area (Å²) in [6, 6.07) is 75.1. The van der Waals surface area contributed by atoms with Crippen molar-refractivity contribution < 1.29 is 0 Å². The van der Waals surface area contributed by atoms with Gasteiger partial charge in [0.25, 0.3) is 0 Å². The molecule has 7 aromatic carbocycles. The van der Waals surface area contributed by atoms with Crippen molar-refractivity contribution in [1.82, 2.24) is 4.57 Å². The van der Waals surface area contributed by atoms with Crippen LogP contribution in [0.2, 0.25) is 0 Å². The molecule has 0 saturated heterocycles. The number of fused-ring (bicyclic) bond motifs is 1. The summed E-state index contributed by atoms with van der Waals surface area (Å²) in [4.78, 5) is 4.53. The molecule has 3 heteroatoms. The monoisotopic (exact) mass is 889 g/mol. The molecule has 0 spiro atoms. The Morgan fingerprint density at radius 2 is 1.07 bits per heavy atom. The number of anilines is 4. The molecule has 0 amide bonds. The second-order valence-electron chi connectivity index (χ2n) is 16.7. The summed E-state index contributed by atoms with van der Waals surface area (Å²) in [6.07, 6.45) is 23.9. The van der Waals surface area contributed by atoms with Gasteiger partial charge in [-0.15, -0.1) is 0 Å². The van der Waals surface area contributed by atoms with Crippen molar-refractivity contribution in [3.63, 3.8) is 0 Å². The number of nitrogens with zero attached hydrogens (tertiary/aromatic N) is 3. The Labute approximate surface area is 407 Å². The lowest BCUT2D eigenvalue weighted by atomic mass is 9.91. The van der Waals surface area contributed by atoms with Crippen LogP contribution in [0.3, 0.4) is 0 Å². The molecule has 1 aliphatic rings. The van der Waals surface area contributed by atoms with Gasteiger partial charge in [-0.2, -0.15) is 0 Å². The van der Waals surface area contributed by atoms with Crippen LogP contribution in [0.15, 0.2) is 305 Å². The minimum atomic E-state index is 0.347. The highest BCUT2D eigenvalue weighted by molar-refractivity contribution is 5.87. The molecule has 1 atom stereocenters. The maximum absolute atomic E-state index is 4.20. The van der Waals surface area contributed by atoms with Crippen molar-refractivity contribution in [3.8, 4) is 16.8 Å². The molecule has 1 aliphatic carbocycles. The highest BCUT2D eigenvalue weighted by atomic mass is 15.1. The van der Waals surface area contributed by atoms with Crippen molar-refractivity contribution in [2.24, 2.45) is 0 Å². The van der Waals surface area contributed by atoms with Gasteiger partial charge in [0.05, 0.1) is 5.52 Å². The molecule has 1 unspecified atom stereocenters. The van der Waals surface area contributed by atoms with Gasteiger partial charge in [0.15, 0.2) is 0 Å². The number of rotatable bonds is 15. The van der Waals surface area contributed by atoms with Crippen molar-refractivity contribution in [2.45, 2.75) is 12.3 Å². The maximum atomic E-state index is 4.20. The summed E-state index contributed by atoms with van der Waals surface area (Å²) in [7, 11) is 0. The Morgan fingerprint density at radius 3 is 1.68 bits per heavy atom. The molecular weight excluding hydrogens is 835 g/mol. The molecule has 3 nitrogen and oxygen atoms in total. The maximum Gasteiger partial charge on any atom is 0.0528 e. The molecule has 0 N–H and O–H groups in total. The van der Waals surface area contributed by atoms with E-state index in [1.54, 1.807) is 6.08 Å². The van der Waals surface area contributed by atoms with Crippen LogP contribution in [0, 0.1) is 0 Å². The van der Waals surface area contributed by atoms with E-state index < -0.39 is 0 Å². The Bertz CT molecular complexity index is 3220. The summed E-state index contributed by atoms with van der Waals surface area (Å²) in [6.45, 7) is 12.1. The molecule has 0 fully saturated rings. The predicted molar refractivity (Wildman–Crippen MR) is 297 cm³/mol. The van der Waals surface area contributed by atoms with Gasteiger partial charge in [-0.05, 0) is 142 Å². The minimum absolute atomic E-state index is 0.347. The zero-order valence-corrected chi connectivity index (χ0v) is 38.8. The summed E-state index contributed by atoms with van der Waals surface area (Å²) < 4.78 is 2.25. The Morgan fingerprint density at radius 1 is 0.522 bits per heavy atom. The highest BCUT2D eigenvalue weighted by Crippen LogP contribution is 2.37. The highest BCUT2D eigenvalue weighted by Gasteiger charge is 2.19. The lowest BCUT2D eigenvalue weighted by Gasteiger charge is -2.29. The third kappa shape index (κ3) is 10.7. The van der Waals surface area contributed by atoms with Crippen molar-refractivity contribution >= 4 is 44.8 Å². The molecule has 0 aliphatic heterocycles. The standard InChI is InChI=1S/C66H55N3/c1-4-21-51(5-2)54-32-41-63(42-33-54)69(64-43-34-55(35-44-64)53-22-13-9-14-23-53)65-45-36-57(37-46-65)56-30-39-62(40-31-56)68-48-19-8-7-12-24-59-50-58(38-47-66(59)68)52(6-3)25-20-49-67(60-26-15-10-16-27-60)61-28-17-11-18-29-61/h4-34,36-50,55H,1-3,35H2. The fourth-order valence-electron chi connectivity index (χ4n) is 8.83. The average molecular weight is 890 g/mol. The van der Waals surface area contributed by atoms with Gasteiger partial charge in [0.2, 0.25) is 0 Å². The topological polar surface area (TPSA) is 11.4 Å². The fraction of sp³-hybridized carbons (Fsp3) is 0.0303. The zero-order chi connectivity index (χ0) is 47.2.